The normalized spacial score (nSPS) is 20.2. The highest BCUT2D eigenvalue weighted by molar-refractivity contribution is 5.79. The summed E-state index contributed by atoms with van der Waals surface area (Å²) in [6, 6.07) is 1.17. The number of likely N-dealkylation sites (N-methyl/N-ethyl adjacent to an activating group) is 1. The molecule has 0 aliphatic heterocycles. The Balaban J connectivity index is 1.82. The van der Waals surface area contributed by atoms with E-state index in [-0.39, 0.29) is 0 Å². The van der Waals surface area contributed by atoms with Gasteiger partial charge in [0.05, 0.1) is 6.54 Å². The molecule has 0 heterocycles. The molecule has 0 aromatic carbocycles. The maximum absolute atomic E-state index is 12.1. The summed E-state index contributed by atoms with van der Waals surface area (Å²) in [6.07, 6.45) is 4.87. The summed E-state index contributed by atoms with van der Waals surface area (Å²) in [7, 11) is 0. The second-order valence-electron chi connectivity index (χ2n) is 4.90. The summed E-state index contributed by atoms with van der Waals surface area (Å²) in [5.74, 6) is 0.297. The van der Waals surface area contributed by atoms with Crippen LogP contribution in [0.2, 0.25) is 0 Å². The van der Waals surface area contributed by atoms with Crippen LogP contribution in [0.4, 0.5) is 0 Å². The Kier molecular flexibility index (Phi) is 3.82. The monoisotopic (exact) mass is 225 g/mol. The zero-order valence-corrected chi connectivity index (χ0v) is 10.2. The Hall–Kier alpha value is -0.610. The van der Waals surface area contributed by atoms with E-state index in [1.165, 1.54) is 25.7 Å². The van der Waals surface area contributed by atoms with Gasteiger partial charge in [-0.15, -0.1) is 0 Å². The molecule has 0 atom stereocenters. The lowest BCUT2D eigenvalue weighted by Gasteiger charge is -2.26. The number of nitrogens with zero attached hydrogens (tertiary/aromatic N) is 2. The lowest BCUT2D eigenvalue weighted by atomic mass is 10.3. The molecule has 4 heteroatoms. The van der Waals surface area contributed by atoms with Crippen molar-refractivity contribution in [2.24, 2.45) is 5.73 Å². The van der Waals surface area contributed by atoms with Crippen LogP contribution in [0.1, 0.15) is 32.6 Å². The SMILES string of the molecule is CCN(C(=O)CN(CCN)C1CC1)C1CC1. The van der Waals surface area contributed by atoms with E-state index in [0.29, 0.717) is 31.1 Å². The quantitative estimate of drug-likeness (QED) is 0.683. The Morgan fingerprint density at radius 1 is 1.25 bits per heavy atom. The molecule has 0 aromatic heterocycles. The molecule has 0 aromatic rings. The van der Waals surface area contributed by atoms with Crippen LogP contribution < -0.4 is 5.73 Å². The molecule has 0 saturated heterocycles. The molecule has 2 N–H and O–H groups in total. The van der Waals surface area contributed by atoms with Crippen molar-refractivity contribution in [3.63, 3.8) is 0 Å². The van der Waals surface area contributed by atoms with E-state index in [1.54, 1.807) is 0 Å². The number of carbonyl (C=O) groups excluding carboxylic acids is 1. The molecule has 0 unspecified atom stereocenters. The summed E-state index contributed by atoms with van der Waals surface area (Å²) in [6.45, 7) is 5.01. The zero-order chi connectivity index (χ0) is 11.5. The van der Waals surface area contributed by atoms with Gasteiger partial charge in [-0.3, -0.25) is 9.69 Å². The summed E-state index contributed by atoms with van der Waals surface area (Å²) in [4.78, 5) is 16.4. The highest BCUT2D eigenvalue weighted by Gasteiger charge is 2.34. The molecule has 2 aliphatic rings. The molecule has 1 amide bonds. The van der Waals surface area contributed by atoms with Crippen LogP contribution in [0.3, 0.4) is 0 Å². The van der Waals surface area contributed by atoms with Crippen molar-refractivity contribution in [3.8, 4) is 0 Å². The van der Waals surface area contributed by atoms with Crippen LogP contribution in [0, 0.1) is 0 Å². The first-order valence-electron chi connectivity index (χ1n) is 6.49. The second kappa shape index (κ2) is 5.15. The molecule has 4 nitrogen and oxygen atoms in total. The smallest absolute Gasteiger partial charge is 0.236 e. The van der Waals surface area contributed by atoms with E-state index in [0.717, 1.165) is 13.1 Å². The van der Waals surface area contributed by atoms with E-state index in [1.807, 2.05) is 4.90 Å². The summed E-state index contributed by atoms with van der Waals surface area (Å²) in [5.41, 5.74) is 5.58. The van der Waals surface area contributed by atoms with Crippen molar-refractivity contribution in [2.75, 3.05) is 26.2 Å². The fourth-order valence-electron chi connectivity index (χ4n) is 2.29. The van der Waals surface area contributed by atoms with Crippen molar-refractivity contribution in [3.05, 3.63) is 0 Å². The average Bonchev–Trinajstić information content (AvgIpc) is 3.12. The summed E-state index contributed by atoms with van der Waals surface area (Å²) < 4.78 is 0. The van der Waals surface area contributed by atoms with E-state index < -0.39 is 0 Å². The second-order valence-corrected chi connectivity index (χ2v) is 4.90. The van der Waals surface area contributed by atoms with Crippen LogP contribution in [-0.4, -0.2) is 54.0 Å². The standard InChI is InChI=1S/C12H23N3O/c1-2-15(11-5-6-11)12(16)9-14(8-7-13)10-3-4-10/h10-11H,2-9,13H2,1H3. The predicted molar refractivity (Wildman–Crippen MR) is 64.1 cm³/mol. The molecule has 0 spiro atoms. The molecule has 92 valence electrons. The topological polar surface area (TPSA) is 49.6 Å². The molecular weight excluding hydrogens is 202 g/mol. The maximum Gasteiger partial charge on any atom is 0.236 e. The molecule has 2 rings (SSSR count). The third kappa shape index (κ3) is 2.95. The van der Waals surface area contributed by atoms with Gasteiger partial charge < -0.3 is 10.6 Å². The van der Waals surface area contributed by atoms with Gasteiger partial charge in [-0.2, -0.15) is 0 Å². The minimum absolute atomic E-state index is 0.297. The Morgan fingerprint density at radius 2 is 1.88 bits per heavy atom. The first-order chi connectivity index (χ1) is 7.76. The van der Waals surface area contributed by atoms with Gasteiger partial charge in [-0.25, -0.2) is 0 Å². The van der Waals surface area contributed by atoms with Gasteiger partial charge in [-0.05, 0) is 32.6 Å². The molecule has 2 saturated carbocycles. The third-order valence-corrected chi connectivity index (χ3v) is 3.47. The first-order valence-corrected chi connectivity index (χ1v) is 6.49. The van der Waals surface area contributed by atoms with Crippen molar-refractivity contribution < 1.29 is 4.79 Å². The average molecular weight is 225 g/mol. The predicted octanol–water partition coefficient (Wildman–Crippen LogP) is 0.420. The van der Waals surface area contributed by atoms with Gasteiger partial charge in [0.15, 0.2) is 0 Å². The van der Waals surface area contributed by atoms with E-state index in [4.69, 9.17) is 5.73 Å². The molecule has 2 aliphatic carbocycles. The fraction of sp³-hybridized carbons (Fsp3) is 0.917. The lowest BCUT2D eigenvalue weighted by molar-refractivity contribution is -0.132. The molecule has 0 radical (unpaired) electrons. The molecule has 16 heavy (non-hydrogen) atoms. The van der Waals surface area contributed by atoms with Crippen LogP contribution in [0.5, 0.6) is 0 Å². The van der Waals surface area contributed by atoms with Crippen molar-refractivity contribution in [1.29, 1.82) is 0 Å². The van der Waals surface area contributed by atoms with Crippen LogP contribution in [0.15, 0.2) is 0 Å². The minimum Gasteiger partial charge on any atom is -0.339 e. The lowest BCUT2D eigenvalue weighted by Crippen LogP contribution is -2.43. The number of rotatable bonds is 7. The van der Waals surface area contributed by atoms with Crippen molar-refractivity contribution in [2.45, 2.75) is 44.7 Å². The Bertz CT molecular complexity index is 249. The van der Waals surface area contributed by atoms with E-state index in [9.17, 15) is 4.79 Å². The van der Waals surface area contributed by atoms with Crippen LogP contribution in [-0.2, 0) is 4.79 Å². The zero-order valence-electron chi connectivity index (χ0n) is 10.2. The number of amides is 1. The number of hydrogen-bond donors (Lipinski definition) is 1. The Labute approximate surface area is 97.8 Å². The first kappa shape index (κ1) is 11.9. The fourth-order valence-corrected chi connectivity index (χ4v) is 2.29. The number of hydrogen-bond acceptors (Lipinski definition) is 3. The molecule has 0 bridgehead atoms. The number of nitrogens with two attached hydrogens (primary N) is 1. The summed E-state index contributed by atoms with van der Waals surface area (Å²) >= 11 is 0. The van der Waals surface area contributed by atoms with Gasteiger partial charge >= 0.3 is 0 Å². The molecular formula is C12H23N3O. The maximum atomic E-state index is 12.1. The highest BCUT2D eigenvalue weighted by atomic mass is 16.2. The van der Waals surface area contributed by atoms with E-state index in [2.05, 4.69) is 11.8 Å². The van der Waals surface area contributed by atoms with Crippen LogP contribution >= 0.6 is 0 Å². The van der Waals surface area contributed by atoms with Crippen molar-refractivity contribution >= 4 is 5.91 Å². The van der Waals surface area contributed by atoms with E-state index >= 15 is 0 Å². The minimum atomic E-state index is 0.297. The highest BCUT2D eigenvalue weighted by Crippen LogP contribution is 2.29. The van der Waals surface area contributed by atoms with Crippen molar-refractivity contribution in [1.82, 2.24) is 9.80 Å². The Morgan fingerprint density at radius 3 is 2.31 bits per heavy atom. The van der Waals surface area contributed by atoms with Gasteiger partial charge in [-0.1, -0.05) is 0 Å². The van der Waals surface area contributed by atoms with Gasteiger partial charge in [0, 0.05) is 31.7 Å². The van der Waals surface area contributed by atoms with Crippen LogP contribution in [0.25, 0.3) is 0 Å². The third-order valence-electron chi connectivity index (χ3n) is 3.47. The largest absolute Gasteiger partial charge is 0.339 e. The molecule has 2 fully saturated rings. The number of carbonyl (C=O) groups is 1. The van der Waals surface area contributed by atoms with Gasteiger partial charge in [0.1, 0.15) is 0 Å². The van der Waals surface area contributed by atoms with Gasteiger partial charge in [0.2, 0.25) is 5.91 Å². The summed E-state index contributed by atoms with van der Waals surface area (Å²) in [5, 5.41) is 0. The van der Waals surface area contributed by atoms with Gasteiger partial charge in [0.25, 0.3) is 0 Å².